The van der Waals surface area contributed by atoms with Crippen LogP contribution in [0.4, 0.5) is 11.4 Å². The largest absolute Gasteiger partial charge is 0.392 e. The van der Waals surface area contributed by atoms with Crippen molar-refractivity contribution in [3.8, 4) is 0 Å². The number of nitrogens with one attached hydrogen (secondary N) is 3. The molecule has 0 radical (unpaired) electrons. The molecule has 240 valence electrons. The highest BCUT2D eigenvalue weighted by atomic mass is 32.2. The molecular weight excluding hydrogens is 594 g/mol. The van der Waals surface area contributed by atoms with Gasteiger partial charge in [0.15, 0.2) is 6.29 Å². The van der Waals surface area contributed by atoms with Crippen molar-refractivity contribution < 1.29 is 34.2 Å². The number of anilines is 2. The third kappa shape index (κ3) is 11.3. The highest BCUT2D eigenvalue weighted by molar-refractivity contribution is 7.99. The highest BCUT2D eigenvalue weighted by Crippen LogP contribution is 2.39. The number of benzene rings is 3. The number of unbranched alkanes of at least 4 members (excludes halogenated alkanes) is 3. The molecule has 3 unspecified atom stereocenters. The molecule has 1 saturated heterocycles. The van der Waals surface area contributed by atoms with Crippen LogP contribution in [0, 0.1) is 0 Å². The summed E-state index contributed by atoms with van der Waals surface area (Å²) in [4.78, 5) is 35.9. The lowest BCUT2D eigenvalue weighted by Crippen LogP contribution is -2.31. The van der Waals surface area contributed by atoms with Crippen LogP contribution < -0.4 is 16.1 Å². The summed E-state index contributed by atoms with van der Waals surface area (Å²) in [5.74, 6) is 0.122. The average molecular weight is 636 g/mol. The quantitative estimate of drug-likeness (QED) is 0.0569. The van der Waals surface area contributed by atoms with Crippen molar-refractivity contribution in [1.82, 2.24) is 5.48 Å². The zero-order chi connectivity index (χ0) is 32.0. The van der Waals surface area contributed by atoms with Gasteiger partial charge in [-0.1, -0.05) is 49.2 Å². The molecule has 0 aliphatic carbocycles. The molecule has 4 rings (SSSR count). The van der Waals surface area contributed by atoms with E-state index < -0.39 is 12.2 Å². The Kier molecular flexibility index (Phi) is 13.4. The van der Waals surface area contributed by atoms with Gasteiger partial charge in [0.1, 0.15) is 0 Å². The van der Waals surface area contributed by atoms with Crippen molar-refractivity contribution in [2.24, 2.45) is 0 Å². The molecule has 3 aromatic rings. The van der Waals surface area contributed by atoms with Gasteiger partial charge in [-0.2, -0.15) is 0 Å². The van der Waals surface area contributed by atoms with E-state index in [1.807, 2.05) is 72.8 Å². The van der Waals surface area contributed by atoms with E-state index in [0.29, 0.717) is 37.1 Å². The predicted molar refractivity (Wildman–Crippen MR) is 173 cm³/mol. The molecule has 0 aromatic heterocycles. The Bertz CT molecular complexity index is 1380. The molecule has 3 atom stereocenters. The zero-order valence-electron chi connectivity index (χ0n) is 25.4. The van der Waals surface area contributed by atoms with Crippen molar-refractivity contribution in [2.45, 2.75) is 81.9 Å². The number of thioether (sulfide) groups is 1. The van der Waals surface area contributed by atoms with Gasteiger partial charge in [-0.25, -0.2) is 5.48 Å². The average Bonchev–Trinajstić information content (AvgIpc) is 3.06. The fraction of sp³-hybridized carbons (Fsp3) is 0.382. The number of rotatable bonds is 15. The summed E-state index contributed by atoms with van der Waals surface area (Å²) in [6.07, 6.45) is 3.42. The molecule has 1 aliphatic rings. The first kappa shape index (κ1) is 34.1. The summed E-state index contributed by atoms with van der Waals surface area (Å²) in [6, 6.07) is 22.9. The van der Waals surface area contributed by atoms with E-state index in [9.17, 15) is 19.5 Å². The minimum atomic E-state index is -0.605. The Morgan fingerprint density at radius 3 is 2.00 bits per heavy atom. The van der Waals surface area contributed by atoms with Crippen LogP contribution in [0.3, 0.4) is 0 Å². The first-order chi connectivity index (χ1) is 21.8. The molecule has 3 amide bonds. The first-order valence-electron chi connectivity index (χ1n) is 15.2. The van der Waals surface area contributed by atoms with Crippen molar-refractivity contribution in [1.29, 1.82) is 0 Å². The number of aliphatic hydroxyl groups is 1. The number of carbonyl (C=O) groups is 3. The maximum atomic E-state index is 12.4. The summed E-state index contributed by atoms with van der Waals surface area (Å²) >= 11 is 1.68. The molecule has 45 heavy (non-hydrogen) atoms. The van der Waals surface area contributed by atoms with E-state index in [-0.39, 0.29) is 37.0 Å². The Morgan fingerprint density at radius 1 is 0.778 bits per heavy atom. The molecule has 1 aliphatic heterocycles. The van der Waals surface area contributed by atoms with Gasteiger partial charge in [0, 0.05) is 53.8 Å². The number of aliphatic hydroxyl groups excluding tert-OH is 1. The SMILES string of the molecule is CC(=O)Nc1ccc(SCC2CC(c3ccc(CO)cc3)OC(c3ccc(NC(=O)CCCCCCC(=O)NO)cc3)O2)cc1. The lowest BCUT2D eigenvalue weighted by atomic mass is 10.0. The normalized spacial score (nSPS) is 17.8. The van der Waals surface area contributed by atoms with Crippen molar-refractivity contribution in [2.75, 3.05) is 16.4 Å². The van der Waals surface area contributed by atoms with Crippen molar-refractivity contribution in [3.05, 3.63) is 89.5 Å². The maximum Gasteiger partial charge on any atom is 0.243 e. The van der Waals surface area contributed by atoms with Gasteiger partial charge in [-0.15, -0.1) is 11.8 Å². The minimum Gasteiger partial charge on any atom is -0.392 e. The Balaban J connectivity index is 1.34. The second-order valence-electron chi connectivity index (χ2n) is 11.0. The summed E-state index contributed by atoms with van der Waals surface area (Å²) in [5, 5.41) is 23.7. The Labute approximate surface area is 267 Å². The van der Waals surface area contributed by atoms with Crippen LogP contribution in [-0.4, -0.2) is 39.9 Å². The van der Waals surface area contributed by atoms with Crippen LogP contribution in [-0.2, 0) is 30.5 Å². The molecular formula is C34H41N3O7S. The molecule has 0 spiro atoms. The number of amides is 3. The summed E-state index contributed by atoms with van der Waals surface area (Å²) < 4.78 is 12.9. The molecule has 1 fully saturated rings. The molecule has 0 saturated carbocycles. The summed E-state index contributed by atoms with van der Waals surface area (Å²) in [6.45, 7) is 1.46. The van der Waals surface area contributed by atoms with Gasteiger partial charge >= 0.3 is 0 Å². The first-order valence-corrected chi connectivity index (χ1v) is 16.2. The van der Waals surface area contributed by atoms with Crippen LogP contribution in [0.5, 0.6) is 0 Å². The highest BCUT2D eigenvalue weighted by Gasteiger charge is 2.32. The molecule has 3 aromatic carbocycles. The van der Waals surface area contributed by atoms with Crippen LogP contribution >= 0.6 is 11.8 Å². The van der Waals surface area contributed by atoms with Gasteiger partial charge in [0.2, 0.25) is 17.7 Å². The second kappa shape index (κ2) is 17.7. The third-order valence-corrected chi connectivity index (χ3v) is 8.52. The second-order valence-corrected chi connectivity index (χ2v) is 12.1. The lowest BCUT2D eigenvalue weighted by molar-refractivity contribution is -0.245. The van der Waals surface area contributed by atoms with Gasteiger partial charge < -0.3 is 25.2 Å². The number of carbonyl (C=O) groups excluding carboxylic acids is 3. The van der Waals surface area contributed by atoms with Gasteiger partial charge in [-0.05, 0) is 60.4 Å². The molecule has 5 N–H and O–H groups in total. The topological polar surface area (TPSA) is 146 Å². The predicted octanol–water partition coefficient (Wildman–Crippen LogP) is 6.26. The van der Waals surface area contributed by atoms with E-state index in [1.54, 1.807) is 17.2 Å². The van der Waals surface area contributed by atoms with E-state index >= 15 is 0 Å². The number of hydrogen-bond donors (Lipinski definition) is 5. The number of hydroxylamine groups is 1. The van der Waals surface area contributed by atoms with Crippen molar-refractivity contribution >= 4 is 40.9 Å². The number of ether oxygens (including phenoxy) is 2. The van der Waals surface area contributed by atoms with E-state index in [0.717, 1.165) is 40.1 Å². The van der Waals surface area contributed by atoms with Crippen LogP contribution in [0.15, 0.2) is 77.7 Å². The standard InChI is InChI=1S/C34H41N3O7S/c1-23(39)35-27-16-18-30(19-17-27)45-22-29-20-31(25-10-8-24(21-38)9-11-25)44-34(43-29)26-12-14-28(15-13-26)36-32(40)6-4-2-3-5-7-33(41)37-42/h8-19,29,31,34,38,42H,2-7,20-22H2,1H3,(H,35,39)(H,36,40)(H,37,41). The van der Waals surface area contributed by atoms with Gasteiger partial charge in [0.25, 0.3) is 0 Å². The lowest BCUT2D eigenvalue weighted by Gasteiger charge is -2.36. The monoisotopic (exact) mass is 635 g/mol. The van der Waals surface area contributed by atoms with Gasteiger partial charge in [-0.3, -0.25) is 19.6 Å². The van der Waals surface area contributed by atoms with Crippen LogP contribution in [0.25, 0.3) is 0 Å². The molecule has 1 heterocycles. The molecule has 11 heteroatoms. The zero-order valence-corrected chi connectivity index (χ0v) is 26.2. The molecule has 0 bridgehead atoms. The van der Waals surface area contributed by atoms with Crippen LogP contribution in [0.1, 0.15) is 81.0 Å². The van der Waals surface area contributed by atoms with E-state index in [1.165, 1.54) is 6.92 Å². The van der Waals surface area contributed by atoms with Crippen LogP contribution in [0.2, 0.25) is 0 Å². The summed E-state index contributed by atoms with van der Waals surface area (Å²) in [5.41, 5.74) is 5.74. The fourth-order valence-electron chi connectivity index (χ4n) is 4.98. The van der Waals surface area contributed by atoms with Gasteiger partial charge in [0.05, 0.1) is 18.8 Å². The van der Waals surface area contributed by atoms with Crippen molar-refractivity contribution in [3.63, 3.8) is 0 Å². The minimum absolute atomic E-state index is 0.0219. The number of hydrogen-bond acceptors (Lipinski definition) is 8. The smallest absolute Gasteiger partial charge is 0.243 e. The van der Waals surface area contributed by atoms with E-state index in [2.05, 4.69) is 10.6 Å². The molecule has 10 nitrogen and oxygen atoms in total. The van der Waals surface area contributed by atoms with E-state index in [4.69, 9.17) is 14.7 Å². The Hall–Kier alpha value is -3.74. The Morgan fingerprint density at radius 2 is 1.38 bits per heavy atom. The maximum absolute atomic E-state index is 12.4. The third-order valence-electron chi connectivity index (χ3n) is 7.37. The fourth-order valence-corrected chi connectivity index (χ4v) is 5.90. The summed E-state index contributed by atoms with van der Waals surface area (Å²) in [7, 11) is 0.